The first-order valence-electron chi connectivity index (χ1n) is 5.19. The largest absolute Gasteiger partial charge is 0.394 e. The molecule has 0 aromatic carbocycles. The lowest BCUT2D eigenvalue weighted by Gasteiger charge is -2.28. The van der Waals surface area contributed by atoms with E-state index < -0.39 is 36.5 Å². The van der Waals surface area contributed by atoms with Gasteiger partial charge < -0.3 is 25.8 Å². The Bertz CT molecular complexity index is 506. The zero-order valence-corrected chi connectivity index (χ0v) is 9.30. The lowest BCUT2D eigenvalue weighted by atomic mass is 10.1. The fourth-order valence-electron chi connectivity index (χ4n) is 1.86. The molecule has 1 aromatic heterocycles. The summed E-state index contributed by atoms with van der Waals surface area (Å²) in [6, 6.07) is 1.30. The molecule has 0 saturated carbocycles. The molecular weight excluding hydrogens is 244 g/mol. The summed E-state index contributed by atoms with van der Waals surface area (Å²) in [7, 11) is 0. The number of aromatic nitrogens is 2. The van der Waals surface area contributed by atoms with Crippen molar-refractivity contribution in [1.29, 1.82) is 0 Å². The van der Waals surface area contributed by atoms with Crippen molar-refractivity contribution in [3.63, 3.8) is 0 Å². The van der Waals surface area contributed by atoms with Crippen molar-refractivity contribution in [1.82, 2.24) is 9.55 Å². The molecule has 1 aliphatic rings. The van der Waals surface area contributed by atoms with Crippen LogP contribution in [0.15, 0.2) is 17.1 Å². The fraction of sp³-hybridized carbons (Fsp3) is 0.556. The van der Waals surface area contributed by atoms with Crippen molar-refractivity contribution in [3.8, 4) is 0 Å². The predicted molar refractivity (Wildman–Crippen MR) is 59.0 cm³/mol. The first kappa shape index (κ1) is 12.9. The van der Waals surface area contributed by atoms with E-state index in [1.54, 1.807) is 0 Å². The van der Waals surface area contributed by atoms with Crippen LogP contribution in [-0.4, -0.2) is 49.8 Å². The Labute approximate surface area is 101 Å². The van der Waals surface area contributed by atoms with Crippen molar-refractivity contribution in [2.45, 2.75) is 24.2 Å². The molecule has 1 aromatic rings. The summed E-state index contributed by atoms with van der Waals surface area (Å²) >= 11 is 0. The topological polar surface area (TPSA) is 157 Å². The van der Waals surface area contributed by atoms with E-state index in [9.17, 15) is 15.0 Å². The third-order valence-corrected chi connectivity index (χ3v) is 2.85. The summed E-state index contributed by atoms with van der Waals surface area (Å²) in [5.41, 5.74) is 10.3. The minimum absolute atomic E-state index is 0.00778. The molecule has 0 unspecified atom stereocenters. The van der Waals surface area contributed by atoms with E-state index in [2.05, 4.69) is 4.98 Å². The highest BCUT2D eigenvalue weighted by atomic mass is 16.6. The first-order chi connectivity index (χ1) is 8.40. The standard InChI is InChI=1S/C9H14N4O5/c10-5-1-2-13(8(17)12-5)9(11)7(16)6(15)4(3-14)18-9/h1-2,4,6-7,14-16H,3,11H2,(H2,10,12,17)/t4-,6-,7-,9+/m1/s1. The van der Waals surface area contributed by atoms with Gasteiger partial charge in [0.25, 0.3) is 0 Å². The van der Waals surface area contributed by atoms with E-state index in [1.807, 2.05) is 0 Å². The van der Waals surface area contributed by atoms with E-state index in [1.165, 1.54) is 12.3 Å². The first-order valence-corrected chi connectivity index (χ1v) is 5.19. The number of hydrogen-bond acceptors (Lipinski definition) is 8. The van der Waals surface area contributed by atoms with Gasteiger partial charge in [-0.3, -0.25) is 10.3 Å². The Morgan fingerprint density at radius 3 is 2.72 bits per heavy atom. The number of nitrogen functional groups attached to an aromatic ring is 1. The number of ether oxygens (including phenoxy) is 1. The number of nitrogens with zero attached hydrogens (tertiary/aromatic N) is 2. The number of hydrogen-bond donors (Lipinski definition) is 5. The second-order valence-electron chi connectivity index (χ2n) is 4.03. The lowest BCUT2D eigenvalue weighted by Crippen LogP contribution is -2.57. The number of aliphatic hydroxyl groups excluding tert-OH is 3. The van der Waals surface area contributed by atoms with E-state index in [-0.39, 0.29) is 5.82 Å². The van der Waals surface area contributed by atoms with Crippen molar-refractivity contribution < 1.29 is 20.1 Å². The van der Waals surface area contributed by atoms with Gasteiger partial charge in [-0.15, -0.1) is 0 Å². The van der Waals surface area contributed by atoms with Gasteiger partial charge in [0.1, 0.15) is 24.1 Å². The summed E-state index contributed by atoms with van der Waals surface area (Å²) in [5.74, 6) is -2.00. The summed E-state index contributed by atoms with van der Waals surface area (Å²) in [6.45, 7) is -0.547. The molecule has 1 saturated heterocycles. The van der Waals surface area contributed by atoms with Crippen LogP contribution >= 0.6 is 0 Å². The van der Waals surface area contributed by atoms with Gasteiger partial charge >= 0.3 is 5.69 Å². The second kappa shape index (κ2) is 4.30. The molecule has 2 rings (SSSR count). The number of anilines is 1. The van der Waals surface area contributed by atoms with Crippen LogP contribution in [-0.2, 0) is 10.6 Å². The lowest BCUT2D eigenvalue weighted by molar-refractivity contribution is -0.146. The smallest absolute Gasteiger partial charge is 0.352 e. The summed E-state index contributed by atoms with van der Waals surface area (Å²) in [5, 5.41) is 28.4. The van der Waals surface area contributed by atoms with Crippen LogP contribution in [0.5, 0.6) is 0 Å². The Morgan fingerprint density at radius 1 is 1.56 bits per heavy atom. The Kier molecular flexibility index (Phi) is 3.09. The highest BCUT2D eigenvalue weighted by molar-refractivity contribution is 5.24. The molecule has 0 amide bonds. The van der Waals surface area contributed by atoms with Gasteiger partial charge in [-0.05, 0) is 6.07 Å². The number of nitrogens with two attached hydrogens (primary N) is 2. The average molecular weight is 258 g/mol. The molecule has 0 spiro atoms. The zero-order valence-electron chi connectivity index (χ0n) is 9.30. The molecular formula is C9H14N4O5. The highest BCUT2D eigenvalue weighted by Crippen LogP contribution is 2.29. The molecule has 9 heteroatoms. The number of aliphatic hydroxyl groups is 3. The quantitative estimate of drug-likeness (QED) is 0.366. The Hall–Kier alpha value is -1.52. The van der Waals surface area contributed by atoms with Gasteiger partial charge in [0.2, 0.25) is 5.85 Å². The van der Waals surface area contributed by atoms with E-state index >= 15 is 0 Å². The zero-order chi connectivity index (χ0) is 13.5. The monoisotopic (exact) mass is 258 g/mol. The molecule has 2 heterocycles. The molecule has 18 heavy (non-hydrogen) atoms. The third-order valence-electron chi connectivity index (χ3n) is 2.85. The van der Waals surface area contributed by atoms with Gasteiger partial charge in [0, 0.05) is 6.20 Å². The van der Waals surface area contributed by atoms with Crippen molar-refractivity contribution in [2.75, 3.05) is 12.3 Å². The van der Waals surface area contributed by atoms with Crippen LogP contribution in [0.1, 0.15) is 0 Å². The highest BCUT2D eigenvalue weighted by Gasteiger charge is 2.53. The summed E-state index contributed by atoms with van der Waals surface area (Å²) < 4.78 is 5.95. The van der Waals surface area contributed by atoms with Gasteiger partial charge in [0.05, 0.1) is 6.61 Å². The van der Waals surface area contributed by atoms with Gasteiger partial charge in [0.15, 0.2) is 0 Å². The second-order valence-corrected chi connectivity index (χ2v) is 4.03. The third kappa shape index (κ3) is 1.78. The van der Waals surface area contributed by atoms with Crippen molar-refractivity contribution >= 4 is 5.82 Å². The molecule has 4 atom stereocenters. The fourth-order valence-corrected chi connectivity index (χ4v) is 1.86. The summed E-state index contributed by atoms with van der Waals surface area (Å²) in [4.78, 5) is 15.1. The van der Waals surface area contributed by atoms with Crippen LogP contribution in [0.3, 0.4) is 0 Å². The Balaban J connectivity index is 2.46. The molecule has 1 aliphatic heterocycles. The van der Waals surface area contributed by atoms with E-state index in [0.717, 1.165) is 4.57 Å². The van der Waals surface area contributed by atoms with Crippen LogP contribution in [0.25, 0.3) is 0 Å². The van der Waals surface area contributed by atoms with Crippen molar-refractivity contribution in [2.24, 2.45) is 5.73 Å². The van der Waals surface area contributed by atoms with Crippen LogP contribution in [0.2, 0.25) is 0 Å². The molecule has 100 valence electrons. The minimum Gasteiger partial charge on any atom is -0.394 e. The van der Waals surface area contributed by atoms with Crippen LogP contribution < -0.4 is 17.2 Å². The maximum absolute atomic E-state index is 11.6. The Morgan fingerprint density at radius 2 is 2.22 bits per heavy atom. The number of rotatable bonds is 2. The molecule has 0 radical (unpaired) electrons. The minimum atomic E-state index is -2.00. The molecule has 0 bridgehead atoms. The normalized spacial score (nSPS) is 35.9. The van der Waals surface area contributed by atoms with Crippen molar-refractivity contribution in [3.05, 3.63) is 22.7 Å². The predicted octanol–water partition coefficient (Wildman–Crippen LogP) is -3.49. The maximum atomic E-state index is 11.6. The average Bonchev–Trinajstić information content (AvgIpc) is 2.54. The maximum Gasteiger partial charge on any atom is 0.352 e. The molecule has 9 nitrogen and oxygen atoms in total. The van der Waals surface area contributed by atoms with Gasteiger partial charge in [-0.25, -0.2) is 4.79 Å². The van der Waals surface area contributed by atoms with Gasteiger partial charge in [-0.2, -0.15) is 4.98 Å². The van der Waals surface area contributed by atoms with E-state index in [0.29, 0.717) is 0 Å². The molecule has 1 fully saturated rings. The SMILES string of the molecule is Nc1ccn([C@]2(N)O[C@H](CO)[C@@H](O)[C@H]2O)c(=O)n1. The molecule has 7 N–H and O–H groups in total. The molecule has 0 aliphatic carbocycles. The summed E-state index contributed by atoms with van der Waals surface area (Å²) in [6.07, 6.45) is -2.89. The van der Waals surface area contributed by atoms with Gasteiger partial charge in [-0.1, -0.05) is 0 Å². The van der Waals surface area contributed by atoms with Crippen LogP contribution in [0.4, 0.5) is 5.82 Å². The van der Waals surface area contributed by atoms with E-state index in [4.69, 9.17) is 21.3 Å². The van der Waals surface area contributed by atoms with Crippen LogP contribution in [0, 0.1) is 0 Å².